The molecule has 0 radical (unpaired) electrons. The van der Waals surface area contributed by atoms with Crippen LogP contribution in [0.2, 0.25) is 0 Å². The molecule has 0 unspecified atom stereocenters. The van der Waals surface area contributed by atoms with Gasteiger partial charge in [-0.25, -0.2) is 0 Å². The number of hydrogen-bond acceptors (Lipinski definition) is 4. The predicted octanol–water partition coefficient (Wildman–Crippen LogP) is 3.55. The molecule has 0 aliphatic heterocycles. The van der Waals surface area contributed by atoms with E-state index < -0.39 is 4.92 Å². The number of aryl methyl sites for hydroxylation is 2. The third-order valence-electron chi connectivity index (χ3n) is 2.52. The number of nitrogens with one attached hydrogen (secondary N) is 1. The molecule has 0 atom stereocenters. The van der Waals surface area contributed by atoms with E-state index in [2.05, 4.69) is 5.16 Å². The summed E-state index contributed by atoms with van der Waals surface area (Å²) in [6.45, 7) is 3.52. The Balaban J connectivity index is 2.62. The lowest BCUT2D eigenvalue weighted by molar-refractivity contribution is -0.383. The van der Waals surface area contributed by atoms with Crippen molar-refractivity contribution in [3.63, 3.8) is 0 Å². The minimum Gasteiger partial charge on any atom is -0.693 e. The number of nitrogens with zero attached hydrogens (tertiary/aromatic N) is 2. The van der Waals surface area contributed by atoms with Crippen LogP contribution >= 0.6 is 0 Å². The van der Waals surface area contributed by atoms with Gasteiger partial charge in [-0.15, -0.1) is 0 Å². The maximum Gasteiger partial charge on any atom is 0.255 e. The minimum absolute atomic E-state index is 0.106. The van der Waals surface area contributed by atoms with Gasteiger partial charge in [0.25, 0.3) is 5.69 Å². The van der Waals surface area contributed by atoms with E-state index in [-0.39, 0.29) is 11.4 Å². The van der Waals surface area contributed by atoms with Crippen LogP contribution < -0.4 is 0 Å². The zero-order valence-corrected chi connectivity index (χ0v) is 9.35. The lowest BCUT2D eigenvalue weighted by Gasteiger charge is -2.06. The average molecular weight is 232 g/mol. The molecular formula is C11H10N3O3-. The second-order valence-corrected chi connectivity index (χ2v) is 3.69. The van der Waals surface area contributed by atoms with Gasteiger partial charge in [0, 0.05) is 11.6 Å². The standard InChI is InChI=1S/C11H10N3O3/c1-6-11(7(2)17-13-6)8-3-4-9(12)10(5-8)14(15)16/h3-5,12H,1-2H3/q-1. The molecule has 0 aliphatic carbocycles. The lowest BCUT2D eigenvalue weighted by atomic mass is 10.0. The Bertz CT molecular complexity index is 570. The van der Waals surface area contributed by atoms with Crippen molar-refractivity contribution in [1.29, 1.82) is 0 Å². The van der Waals surface area contributed by atoms with Crippen molar-refractivity contribution >= 4 is 11.4 Å². The summed E-state index contributed by atoms with van der Waals surface area (Å²) in [6, 6.07) is 4.43. The quantitative estimate of drug-likeness (QED) is 0.584. The van der Waals surface area contributed by atoms with E-state index in [4.69, 9.17) is 10.3 Å². The maximum absolute atomic E-state index is 10.8. The summed E-state index contributed by atoms with van der Waals surface area (Å²) in [6.07, 6.45) is 0. The van der Waals surface area contributed by atoms with Gasteiger partial charge in [0.2, 0.25) is 0 Å². The van der Waals surface area contributed by atoms with Crippen molar-refractivity contribution in [2.24, 2.45) is 0 Å². The average Bonchev–Trinajstić information content (AvgIpc) is 2.59. The van der Waals surface area contributed by atoms with Gasteiger partial charge < -0.3 is 10.3 Å². The van der Waals surface area contributed by atoms with E-state index in [1.54, 1.807) is 19.9 Å². The molecule has 1 aromatic heterocycles. The molecule has 17 heavy (non-hydrogen) atoms. The van der Waals surface area contributed by atoms with Gasteiger partial charge in [0.15, 0.2) is 0 Å². The molecule has 6 heteroatoms. The second-order valence-electron chi connectivity index (χ2n) is 3.69. The van der Waals surface area contributed by atoms with E-state index in [1.807, 2.05) is 0 Å². The van der Waals surface area contributed by atoms with Crippen molar-refractivity contribution in [2.45, 2.75) is 13.8 Å². The van der Waals surface area contributed by atoms with Crippen LogP contribution in [0.1, 0.15) is 11.5 Å². The van der Waals surface area contributed by atoms with Crippen LogP contribution in [0, 0.1) is 24.0 Å². The third-order valence-corrected chi connectivity index (χ3v) is 2.52. The van der Waals surface area contributed by atoms with Crippen LogP contribution in [0.5, 0.6) is 0 Å². The topological polar surface area (TPSA) is 93.0 Å². The molecule has 0 amide bonds. The number of rotatable bonds is 2. The number of aromatic nitrogens is 1. The van der Waals surface area contributed by atoms with E-state index >= 15 is 0 Å². The smallest absolute Gasteiger partial charge is 0.255 e. The Labute approximate surface area is 97.2 Å². The molecule has 1 heterocycles. The highest BCUT2D eigenvalue weighted by Gasteiger charge is 2.15. The molecular weight excluding hydrogens is 222 g/mol. The van der Waals surface area contributed by atoms with Crippen molar-refractivity contribution < 1.29 is 9.45 Å². The highest BCUT2D eigenvalue weighted by molar-refractivity contribution is 5.75. The molecule has 0 fully saturated rings. The highest BCUT2D eigenvalue weighted by Crippen LogP contribution is 2.34. The molecule has 0 aliphatic rings. The summed E-state index contributed by atoms with van der Waals surface area (Å²) < 4.78 is 5.01. The zero-order chi connectivity index (χ0) is 12.6. The van der Waals surface area contributed by atoms with Crippen LogP contribution in [-0.2, 0) is 0 Å². The summed E-state index contributed by atoms with van der Waals surface area (Å²) in [7, 11) is 0. The van der Waals surface area contributed by atoms with E-state index in [9.17, 15) is 10.1 Å². The van der Waals surface area contributed by atoms with Crippen LogP contribution in [0.25, 0.3) is 16.9 Å². The molecule has 88 valence electrons. The Morgan fingerprint density at radius 2 is 2.12 bits per heavy atom. The molecule has 6 nitrogen and oxygen atoms in total. The molecule has 0 saturated heterocycles. The van der Waals surface area contributed by atoms with Crippen LogP contribution in [0.15, 0.2) is 22.7 Å². The fraction of sp³-hybridized carbons (Fsp3) is 0.182. The number of hydrogen-bond donors (Lipinski definition) is 0. The second kappa shape index (κ2) is 3.89. The van der Waals surface area contributed by atoms with Crippen LogP contribution in [0.3, 0.4) is 0 Å². The molecule has 0 saturated carbocycles. The fourth-order valence-electron chi connectivity index (χ4n) is 1.73. The van der Waals surface area contributed by atoms with Gasteiger partial charge in [-0.3, -0.25) is 10.1 Å². The molecule has 1 N–H and O–H groups in total. The van der Waals surface area contributed by atoms with E-state index in [1.165, 1.54) is 12.1 Å². The first kappa shape index (κ1) is 11.1. The number of nitro groups is 1. The summed E-state index contributed by atoms with van der Waals surface area (Å²) in [5.74, 6) is 0.606. The monoisotopic (exact) mass is 232 g/mol. The Morgan fingerprint density at radius 3 is 2.65 bits per heavy atom. The van der Waals surface area contributed by atoms with E-state index in [0.29, 0.717) is 17.0 Å². The lowest BCUT2D eigenvalue weighted by Crippen LogP contribution is -1.89. The SMILES string of the molecule is Cc1noc(C)c1-c1ccc([NH-])c([N+](=O)[O-])c1. The van der Waals surface area contributed by atoms with E-state index in [0.717, 1.165) is 5.56 Å². The summed E-state index contributed by atoms with van der Waals surface area (Å²) in [4.78, 5) is 10.2. The van der Waals surface area contributed by atoms with Crippen molar-refractivity contribution in [1.82, 2.24) is 5.16 Å². The van der Waals surface area contributed by atoms with Crippen molar-refractivity contribution in [2.75, 3.05) is 0 Å². The molecule has 0 bridgehead atoms. The largest absolute Gasteiger partial charge is 0.693 e. The van der Waals surface area contributed by atoms with Gasteiger partial charge in [-0.2, -0.15) is 0 Å². The van der Waals surface area contributed by atoms with Gasteiger partial charge in [0.05, 0.1) is 10.6 Å². The Morgan fingerprint density at radius 1 is 1.41 bits per heavy atom. The maximum atomic E-state index is 10.8. The molecule has 1 aromatic carbocycles. The predicted molar refractivity (Wildman–Crippen MR) is 62.0 cm³/mol. The number of nitro benzene ring substituents is 1. The Kier molecular flexibility index (Phi) is 2.55. The normalized spacial score (nSPS) is 10.5. The van der Waals surface area contributed by atoms with Gasteiger partial charge >= 0.3 is 0 Å². The highest BCUT2D eigenvalue weighted by atomic mass is 16.6. The van der Waals surface area contributed by atoms with Gasteiger partial charge in [-0.05, 0) is 19.4 Å². The molecule has 2 aromatic rings. The summed E-state index contributed by atoms with van der Waals surface area (Å²) in [5, 5.41) is 14.6. The van der Waals surface area contributed by atoms with Crippen LogP contribution in [0.4, 0.5) is 11.4 Å². The van der Waals surface area contributed by atoms with Crippen molar-refractivity contribution in [3.8, 4) is 11.1 Å². The minimum atomic E-state index is -0.565. The molecule has 0 spiro atoms. The first-order valence-corrected chi connectivity index (χ1v) is 4.94. The Hall–Kier alpha value is -2.37. The van der Waals surface area contributed by atoms with Gasteiger partial charge in [0.1, 0.15) is 5.76 Å². The van der Waals surface area contributed by atoms with Crippen molar-refractivity contribution in [3.05, 3.63) is 45.5 Å². The molecule has 2 rings (SSSR count). The van der Waals surface area contributed by atoms with Gasteiger partial charge in [-0.1, -0.05) is 23.0 Å². The first-order valence-electron chi connectivity index (χ1n) is 4.94. The van der Waals surface area contributed by atoms with Crippen LogP contribution in [-0.4, -0.2) is 10.1 Å². The first-order chi connectivity index (χ1) is 8.00. The fourth-order valence-corrected chi connectivity index (χ4v) is 1.73. The zero-order valence-electron chi connectivity index (χ0n) is 9.35. The summed E-state index contributed by atoms with van der Waals surface area (Å²) in [5.41, 5.74) is 9.19. The third kappa shape index (κ3) is 1.84. The summed E-state index contributed by atoms with van der Waals surface area (Å²) >= 11 is 0. The number of benzene rings is 1.